The molecule has 4 nitrogen and oxygen atoms in total. The lowest BCUT2D eigenvalue weighted by Gasteiger charge is -2.36. The highest BCUT2D eigenvalue weighted by Gasteiger charge is 2.32. The summed E-state index contributed by atoms with van der Waals surface area (Å²) in [6, 6.07) is 32.3. The van der Waals surface area contributed by atoms with Gasteiger partial charge in [-0.1, -0.05) is 72.8 Å². The number of ether oxygens (including phenoxy) is 1. The van der Waals surface area contributed by atoms with Crippen molar-refractivity contribution in [2.45, 2.75) is 19.1 Å². The van der Waals surface area contributed by atoms with Gasteiger partial charge in [0.15, 0.2) is 6.10 Å². The van der Waals surface area contributed by atoms with Crippen molar-refractivity contribution in [2.24, 2.45) is 0 Å². The summed E-state index contributed by atoms with van der Waals surface area (Å²) >= 11 is 0. The van der Waals surface area contributed by atoms with E-state index in [0.717, 1.165) is 28.1 Å². The van der Waals surface area contributed by atoms with Gasteiger partial charge in [0.1, 0.15) is 5.75 Å². The molecule has 1 heterocycles. The molecule has 0 aliphatic carbocycles. The second-order valence-electron chi connectivity index (χ2n) is 7.82. The summed E-state index contributed by atoms with van der Waals surface area (Å²) in [6.07, 6.45) is -0.604. The summed E-state index contributed by atoms with van der Waals surface area (Å²) < 4.78 is 6.12. The summed E-state index contributed by atoms with van der Waals surface area (Å²) in [6.45, 7) is 2.47. The lowest BCUT2D eigenvalue weighted by Crippen LogP contribution is -2.48. The van der Waals surface area contributed by atoms with E-state index in [9.17, 15) is 4.79 Å². The summed E-state index contributed by atoms with van der Waals surface area (Å²) in [7, 11) is 0. The summed E-state index contributed by atoms with van der Waals surface area (Å²) in [5, 5.41) is 5.49. The Bertz CT molecular complexity index is 1220. The lowest BCUT2D eigenvalue weighted by molar-refractivity contribution is -0.128. The molecule has 31 heavy (non-hydrogen) atoms. The van der Waals surface area contributed by atoms with E-state index in [2.05, 4.69) is 46.6 Å². The number of fused-ring (bicyclic) bond motifs is 2. The molecule has 5 rings (SSSR count). The van der Waals surface area contributed by atoms with Gasteiger partial charge in [0.25, 0.3) is 5.91 Å². The smallest absolute Gasteiger partial charge is 0.263 e. The molecule has 4 aromatic rings. The number of hydrogen-bond acceptors (Lipinski definition) is 3. The highest BCUT2D eigenvalue weighted by atomic mass is 16.5. The monoisotopic (exact) mass is 408 g/mol. The van der Waals surface area contributed by atoms with E-state index >= 15 is 0 Å². The normalized spacial score (nSPS) is 16.3. The maximum Gasteiger partial charge on any atom is 0.263 e. The highest BCUT2D eigenvalue weighted by molar-refractivity contribution is 5.88. The number of para-hydroxylation sites is 3. The maximum absolute atomic E-state index is 13.2. The van der Waals surface area contributed by atoms with Crippen LogP contribution in [0.5, 0.6) is 5.75 Å². The Balaban J connectivity index is 1.40. The zero-order valence-electron chi connectivity index (χ0n) is 17.4. The first-order valence-electron chi connectivity index (χ1n) is 10.6. The molecule has 0 bridgehead atoms. The molecule has 1 N–H and O–H groups in total. The van der Waals surface area contributed by atoms with E-state index in [1.165, 1.54) is 5.39 Å². The van der Waals surface area contributed by atoms with Crippen LogP contribution in [0.15, 0.2) is 97.1 Å². The molecular weight excluding hydrogens is 384 g/mol. The Morgan fingerprint density at radius 2 is 1.61 bits per heavy atom. The number of carbonyl (C=O) groups excluding carboxylic acids is 1. The average molecular weight is 409 g/mol. The zero-order chi connectivity index (χ0) is 21.2. The minimum absolute atomic E-state index is 0.115. The van der Waals surface area contributed by atoms with Gasteiger partial charge in [-0.15, -0.1) is 0 Å². The van der Waals surface area contributed by atoms with E-state index in [-0.39, 0.29) is 11.9 Å². The molecule has 1 amide bonds. The van der Waals surface area contributed by atoms with E-state index in [0.29, 0.717) is 6.54 Å². The number of amides is 1. The van der Waals surface area contributed by atoms with Crippen molar-refractivity contribution in [3.63, 3.8) is 0 Å². The van der Waals surface area contributed by atoms with Crippen molar-refractivity contribution in [1.29, 1.82) is 0 Å². The van der Waals surface area contributed by atoms with E-state index < -0.39 is 6.10 Å². The Kier molecular flexibility index (Phi) is 5.04. The van der Waals surface area contributed by atoms with Crippen LogP contribution in [-0.2, 0) is 4.79 Å². The molecular formula is C27H24N2O2. The Morgan fingerprint density at radius 1 is 0.903 bits per heavy atom. The van der Waals surface area contributed by atoms with Gasteiger partial charge in [0.2, 0.25) is 0 Å². The largest absolute Gasteiger partial charge is 0.477 e. The number of rotatable bonds is 4. The molecule has 0 aromatic heterocycles. The van der Waals surface area contributed by atoms with Crippen LogP contribution in [0, 0.1) is 0 Å². The van der Waals surface area contributed by atoms with Crippen LogP contribution in [0.3, 0.4) is 0 Å². The Labute approximate surface area is 182 Å². The van der Waals surface area contributed by atoms with Crippen LogP contribution < -0.4 is 15.0 Å². The van der Waals surface area contributed by atoms with E-state index in [1.54, 1.807) is 0 Å². The third-order valence-corrected chi connectivity index (χ3v) is 5.78. The minimum Gasteiger partial charge on any atom is -0.477 e. The molecule has 0 saturated carbocycles. The molecule has 2 atom stereocenters. The number of hydrogen-bond donors (Lipinski definition) is 1. The predicted octanol–water partition coefficient (Wildman–Crippen LogP) is 5.62. The van der Waals surface area contributed by atoms with Gasteiger partial charge in [-0.3, -0.25) is 4.79 Å². The second-order valence-corrected chi connectivity index (χ2v) is 7.82. The topological polar surface area (TPSA) is 41.6 Å². The van der Waals surface area contributed by atoms with Crippen LogP contribution in [0.1, 0.15) is 18.5 Å². The molecule has 4 aromatic carbocycles. The number of anilines is 2. The van der Waals surface area contributed by atoms with Gasteiger partial charge >= 0.3 is 0 Å². The molecule has 154 valence electrons. The van der Waals surface area contributed by atoms with Crippen LogP contribution in [0.2, 0.25) is 0 Å². The maximum atomic E-state index is 13.2. The van der Waals surface area contributed by atoms with Crippen molar-refractivity contribution in [3.8, 4) is 5.75 Å². The molecule has 1 aliphatic rings. The highest BCUT2D eigenvalue weighted by Crippen LogP contribution is 2.38. The van der Waals surface area contributed by atoms with Crippen molar-refractivity contribution in [1.82, 2.24) is 5.32 Å². The first-order chi connectivity index (χ1) is 15.2. The zero-order valence-corrected chi connectivity index (χ0v) is 17.4. The fourth-order valence-corrected chi connectivity index (χ4v) is 4.24. The summed E-state index contributed by atoms with van der Waals surface area (Å²) in [4.78, 5) is 15.4. The molecule has 1 aliphatic heterocycles. The number of nitrogens with zero attached hydrogens (tertiary/aromatic N) is 1. The first kappa shape index (κ1) is 19.2. The third kappa shape index (κ3) is 3.73. The molecule has 0 fully saturated rings. The van der Waals surface area contributed by atoms with E-state index in [4.69, 9.17) is 4.74 Å². The summed E-state index contributed by atoms with van der Waals surface area (Å²) in [5.74, 6) is 0.603. The minimum atomic E-state index is -0.604. The van der Waals surface area contributed by atoms with Gasteiger partial charge < -0.3 is 15.0 Å². The number of benzene rings is 4. The van der Waals surface area contributed by atoms with Gasteiger partial charge in [-0.25, -0.2) is 0 Å². The van der Waals surface area contributed by atoms with Crippen molar-refractivity contribution in [3.05, 3.63) is 103 Å². The quantitative estimate of drug-likeness (QED) is 0.477. The van der Waals surface area contributed by atoms with Crippen LogP contribution in [0.4, 0.5) is 11.4 Å². The summed E-state index contributed by atoms with van der Waals surface area (Å²) in [5.41, 5.74) is 3.11. The number of nitrogens with one attached hydrogen (secondary N) is 1. The third-order valence-electron chi connectivity index (χ3n) is 5.78. The molecule has 0 radical (unpaired) electrons. The Hall–Kier alpha value is -3.79. The molecule has 0 saturated heterocycles. The van der Waals surface area contributed by atoms with Crippen molar-refractivity contribution in [2.75, 3.05) is 11.4 Å². The second kappa shape index (κ2) is 8.15. The van der Waals surface area contributed by atoms with Crippen LogP contribution >= 0.6 is 0 Å². The SMILES string of the molecule is CC(NC(=O)C1CN(c2ccccc2)c2ccccc2O1)c1cccc2ccccc12. The first-order valence-corrected chi connectivity index (χ1v) is 10.6. The van der Waals surface area contributed by atoms with Crippen LogP contribution in [-0.4, -0.2) is 18.6 Å². The van der Waals surface area contributed by atoms with Crippen molar-refractivity contribution < 1.29 is 9.53 Å². The molecule has 4 heteroatoms. The fourth-order valence-electron chi connectivity index (χ4n) is 4.24. The average Bonchev–Trinajstić information content (AvgIpc) is 2.83. The van der Waals surface area contributed by atoms with Crippen molar-refractivity contribution >= 4 is 28.1 Å². The predicted molar refractivity (Wildman–Crippen MR) is 125 cm³/mol. The van der Waals surface area contributed by atoms with E-state index in [1.807, 2.05) is 67.6 Å². The van der Waals surface area contributed by atoms with Gasteiger partial charge in [0.05, 0.1) is 18.3 Å². The standard InChI is InChI=1S/C27H24N2O2/c1-19(22-15-9-11-20-10-5-6-14-23(20)22)28-27(30)26-18-29(21-12-3-2-4-13-21)24-16-7-8-17-25(24)31-26/h2-17,19,26H,18H2,1H3,(H,28,30). The van der Waals surface area contributed by atoms with Crippen LogP contribution in [0.25, 0.3) is 10.8 Å². The van der Waals surface area contributed by atoms with Gasteiger partial charge in [-0.05, 0) is 47.5 Å². The van der Waals surface area contributed by atoms with Gasteiger partial charge in [0, 0.05) is 5.69 Å². The lowest BCUT2D eigenvalue weighted by atomic mass is 9.99. The fraction of sp³-hybridized carbons (Fsp3) is 0.148. The molecule has 0 spiro atoms. The Morgan fingerprint density at radius 3 is 2.48 bits per heavy atom. The molecule has 2 unspecified atom stereocenters. The van der Waals surface area contributed by atoms with Gasteiger partial charge in [-0.2, -0.15) is 0 Å². The number of carbonyl (C=O) groups is 1.